The minimum Gasteiger partial charge on any atom is -0.394 e. The zero-order valence-electron chi connectivity index (χ0n) is 8.10. The van der Waals surface area contributed by atoms with E-state index in [1.807, 2.05) is 13.8 Å². The lowest BCUT2D eigenvalue weighted by molar-refractivity contribution is -0.131. The zero-order chi connectivity index (χ0) is 10.0. The van der Waals surface area contributed by atoms with Crippen molar-refractivity contribution in [3.05, 3.63) is 0 Å². The van der Waals surface area contributed by atoms with E-state index in [2.05, 4.69) is 0 Å². The Morgan fingerprint density at radius 1 is 1.62 bits per heavy atom. The third-order valence-electron chi connectivity index (χ3n) is 2.49. The first-order valence-electron chi connectivity index (χ1n) is 4.64. The quantitative estimate of drug-likeness (QED) is 0.632. The first-order chi connectivity index (χ1) is 6.06. The standard InChI is InChI=1S/C9H17NO3/c1-6(2)8(5-11)10-4-7(12)3-9(10)13/h6-8,11-12H,3-5H2,1-2H3/t7?,8-/m1/s1. The van der Waals surface area contributed by atoms with Gasteiger partial charge in [-0.05, 0) is 5.92 Å². The Hall–Kier alpha value is -0.610. The second-order valence-corrected chi connectivity index (χ2v) is 3.90. The second kappa shape index (κ2) is 4.07. The lowest BCUT2D eigenvalue weighted by atomic mass is 10.0. The Balaban J connectivity index is 2.64. The van der Waals surface area contributed by atoms with E-state index in [1.165, 1.54) is 0 Å². The summed E-state index contributed by atoms with van der Waals surface area (Å²) in [5.41, 5.74) is 0. The number of likely N-dealkylation sites (tertiary alicyclic amines) is 1. The second-order valence-electron chi connectivity index (χ2n) is 3.90. The van der Waals surface area contributed by atoms with Gasteiger partial charge in [0.25, 0.3) is 0 Å². The lowest BCUT2D eigenvalue weighted by Crippen LogP contribution is -2.42. The van der Waals surface area contributed by atoms with Gasteiger partial charge < -0.3 is 15.1 Å². The van der Waals surface area contributed by atoms with Crippen LogP contribution in [-0.4, -0.2) is 46.3 Å². The number of hydrogen-bond acceptors (Lipinski definition) is 3. The number of rotatable bonds is 3. The molecule has 1 rings (SSSR count). The van der Waals surface area contributed by atoms with Gasteiger partial charge in [0, 0.05) is 6.54 Å². The number of aliphatic hydroxyl groups is 2. The lowest BCUT2D eigenvalue weighted by Gasteiger charge is -2.29. The van der Waals surface area contributed by atoms with Crippen LogP contribution in [0, 0.1) is 5.92 Å². The smallest absolute Gasteiger partial charge is 0.225 e. The SMILES string of the molecule is CC(C)[C@@H](CO)N1CC(O)CC1=O. The van der Waals surface area contributed by atoms with Gasteiger partial charge in [0.1, 0.15) is 0 Å². The van der Waals surface area contributed by atoms with Crippen molar-refractivity contribution < 1.29 is 15.0 Å². The van der Waals surface area contributed by atoms with E-state index in [-0.39, 0.29) is 30.9 Å². The molecule has 0 radical (unpaired) electrons. The predicted molar refractivity (Wildman–Crippen MR) is 48.0 cm³/mol. The Morgan fingerprint density at radius 3 is 2.54 bits per heavy atom. The third kappa shape index (κ3) is 2.19. The van der Waals surface area contributed by atoms with E-state index in [4.69, 9.17) is 5.11 Å². The van der Waals surface area contributed by atoms with Crippen molar-refractivity contribution in [1.29, 1.82) is 0 Å². The van der Waals surface area contributed by atoms with Gasteiger partial charge in [-0.15, -0.1) is 0 Å². The molecule has 1 aliphatic heterocycles. The van der Waals surface area contributed by atoms with Crippen molar-refractivity contribution >= 4 is 5.91 Å². The van der Waals surface area contributed by atoms with Crippen LogP contribution in [0.1, 0.15) is 20.3 Å². The van der Waals surface area contributed by atoms with Crippen molar-refractivity contribution in [2.75, 3.05) is 13.2 Å². The summed E-state index contributed by atoms with van der Waals surface area (Å²) in [4.78, 5) is 12.9. The Kier molecular flexibility index (Phi) is 3.27. The molecule has 0 aromatic carbocycles. The maximum atomic E-state index is 11.3. The minimum absolute atomic E-state index is 0.0316. The molecule has 4 nitrogen and oxygen atoms in total. The molecular formula is C9H17NO3. The van der Waals surface area contributed by atoms with Crippen LogP contribution in [0.4, 0.5) is 0 Å². The molecule has 76 valence electrons. The summed E-state index contributed by atoms with van der Waals surface area (Å²) in [7, 11) is 0. The van der Waals surface area contributed by atoms with Crippen LogP contribution >= 0.6 is 0 Å². The van der Waals surface area contributed by atoms with Crippen LogP contribution in [0.25, 0.3) is 0 Å². The monoisotopic (exact) mass is 187 g/mol. The van der Waals surface area contributed by atoms with Crippen molar-refractivity contribution in [3.63, 3.8) is 0 Å². The van der Waals surface area contributed by atoms with Gasteiger partial charge in [-0.25, -0.2) is 0 Å². The molecule has 0 aromatic rings. The van der Waals surface area contributed by atoms with E-state index in [1.54, 1.807) is 4.90 Å². The van der Waals surface area contributed by atoms with Gasteiger partial charge in [-0.3, -0.25) is 4.79 Å². The van der Waals surface area contributed by atoms with Crippen molar-refractivity contribution in [1.82, 2.24) is 4.90 Å². The summed E-state index contributed by atoms with van der Waals surface area (Å²) in [5, 5.41) is 18.3. The normalized spacial score (nSPS) is 25.8. The first kappa shape index (κ1) is 10.5. The van der Waals surface area contributed by atoms with Crippen LogP contribution in [-0.2, 0) is 4.79 Å². The molecule has 0 spiro atoms. The summed E-state index contributed by atoms with van der Waals surface area (Å²) in [5.74, 6) is 0.166. The van der Waals surface area contributed by atoms with Gasteiger partial charge in [0.05, 0.1) is 25.2 Å². The molecule has 0 aliphatic carbocycles. The van der Waals surface area contributed by atoms with Crippen LogP contribution in [0.3, 0.4) is 0 Å². The van der Waals surface area contributed by atoms with Crippen LogP contribution < -0.4 is 0 Å². The van der Waals surface area contributed by atoms with Crippen LogP contribution in [0.15, 0.2) is 0 Å². The molecule has 2 atom stereocenters. The van der Waals surface area contributed by atoms with Crippen LogP contribution in [0.2, 0.25) is 0 Å². The zero-order valence-corrected chi connectivity index (χ0v) is 8.10. The number of carbonyl (C=O) groups is 1. The third-order valence-corrected chi connectivity index (χ3v) is 2.49. The highest BCUT2D eigenvalue weighted by atomic mass is 16.3. The molecule has 1 amide bonds. The van der Waals surface area contributed by atoms with E-state index < -0.39 is 6.10 Å². The number of nitrogens with zero attached hydrogens (tertiary/aromatic N) is 1. The molecular weight excluding hydrogens is 170 g/mol. The fraction of sp³-hybridized carbons (Fsp3) is 0.889. The molecule has 1 fully saturated rings. The van der Waals surface area contributed by atoms with E-state index >= 15 is 0 Å². The molecule has 1 unspecified atom stereocenters. The highest BCUT2D eigenvalue weighted by Gasteiger charge is 2.34. The summed E-state index contributed by atoms with van der Waals surface area (Å²) >= 11 is 0. The van der Waals surface area contributed by atoms with E-state index in [0.29, 0.717) is 6.54 Å². The molecule has 0 aromatic heterocycles. The number of β-amino-alcohol motifs (C(OH)–C–C–N with tert-alkyl or cyclic N) is 1. The maximum Gasteiger partial charge on any atom is 0.225 e. The fourth-order valence-corrected chi connectivity index (χ4v) is 1.70. The number of amides is 1. The largest absolute Gasteiger partial charge is 0.394 e. The van der Waals surface area contributed by atoms with Gasteiger partial charge in [-0.1, -0.05) is 13.8 Å². The highest BCUT2D eigenvalue weighted by molar-refractivity contribution is 5.79. The van der Waals surface area contributed by atoms with Crippen molar-refractivity contribution in [3.8, 4) is 0 Å². The summed E-state index contributed by atoms with van der Waals surface area (Å²) in [6.45, 7) is 4.25. The highest BCUT2D eigenvalue weighted by Crippen LogP contribution is 2.18. The molecule has 1 saturated heterocycles. The van der Waals surface area contributed by atoms with E-state index in [0.717, 1.165) is 0 Å². The molecule has 13 heavy (non-hydrogen) atoms. The van der Waals surface area contributed by atoms with Crippen molar-refractivity contribution in [2.24, 2.45) is 5.92 Å². The summed E-state index contributed by atoms with van der Waals surface area (Å²) in [6, 6.07) is -0.148. The fourth-order valence-electron chi connectivity index (χ4n) is 1.70. The van der Waals surface area contributed by atoms with Gasteiger partial charge in [0.2, 0.25) is 5.91 Å². The van der Waals surface area contributed by atoms with Gasteiger partial charge >= 0.3 is 0 Å². The van der Waals surface area contributed by atoms with Gasteiger partial charge in [0.15, 0.2) is 0 Å². The minimum atomic E-state index is -0.555. The Morgan fingerprint density at radius 2 is 2.23 bits per heavy atom. The first-order valence-corrected chi connectivity index (χ1v) is 4.64. The topological polar surface area (TPSA) is 60.8 Å². The van der Waals surface area contributed by atoms with Crippen molar-refractivity contribution in [2.45, 2.75) is 32.4 Å². The summed E-state index contributed by atoms with van der Waals surface area (Å²) < 4.78 is 0. The summed E-state index contributed by atoms with van der Waals surface area (Å²) in [6.07, 6.45) is -0.358. The molecule has 1 heterocycles. The Labute approximate surface area is 78.2 Å². The maximum absolute atomic E-state index is 11.3. The number of carbonyl (C=O) groups excluding carboxylic acids is 1. The molecule has 1 aliphatic rings. The molecule has 4 heteroatoms. The molecule has 0 bridgehead atoms. The Bertz CT molecular complexity index is 193. The predicted octanol–water partition coefficient (Wildman–Crippen LogP) is -0.404. The van der Waals surface area contributed by atoms with Crippen LogP contribution in [0.5, 0.6) is 0 Å². The average molecular weight is 187 g/mol. The molecule has 0 saturated carbocycles. The number of hydrogen-bond donors (Lipinski definition) is 2. The number of aliphatic hydroxyl groups excluding tert-OH is 2. The van der Waals surface area contributed by atoms with E-state index in [9.17, 15) is 9.90 Å². The average Bonchev–Trinajstić information content (AvgIpc) is 2.31. The van der Waals surface area contributed by atoms with Gasteiger partial charge in [-0.2, -0.15) is 0 Å². The molecule has 2 N–H and O–H groups in total.